The number of phenolic OH excluding ortho intramolecular Hbond substituents is 1. The van der Waals surface area contributed by atoms with Crippen molar-refractivity contribution in [3.8, 4) is 5.75 Å². The molecule has 3 aliphatic carbocycles. The highest BCUT2D eigenvalue weighted by atomic mass is 35.5. The number of nitrogens with zero attached hydrogens (tertiary/aromatic N) is 1. The van der Waals surface area contributed by atoms with Gasteiger partial charge in [0.1, 0.15) is 12.9 Å². The molecule has 0 saturated heterocycles. The molecule has 0 radical (unpaired) electrons. The third kappa shape index (κ3) is 2.99. The zero-order valence-corrected chi connectivity index (χ0v) is 17.3. The number of carbonyl (C=O) groups excluding carboxylic acids is 1. The van der Waals surface area contributed by atoms with Crippen LogP contribution in [0.25, 0.3) is 0 Å². The lowest BCUT2D eigenvalue weighted by molar-refractivity contribution is -0.118. The minimum atomic E-state index is -0.234. The van der Waals surface area contributed by atoms with Gasteiger partial charge in [0.05, 0.1) is 10.7 Å². The topological polar surface area (TPSA) is 84.9 Å². The molecule has 5 nitrogen and oxygen atoms in total. The molecular weight excluding hydrogens is 376 g/mol. The molecule has 0 aliphatic heterocycles. The highest BCUT2D eigenvalue weighted by Crippen LogP contribution is 2.63. The average molecular weight is 405 g/mol. The number of hydrogen-bond acceptors (Lipinski definition) is 4. The van der Waals surface area contributed by atoms with Gasteiger partial charge in [-0.25, -0.2) is 0 Å². The molecule has 1 aromatic rings. The van der Waals surface area contributed by atoms with Gasteiger partial charge in [0, 0.05) is 11.8 Å². The van der Waals surface area contributed by atoms with Crippen LogP contribution < -0.4 is 5.73 Å². The Kier molecular flexibility index (Phi) is 5.07. The van der Waals surface area contributed by atoms with Gasteiger partial charge in [0.15, 0.2) is 0 Å². The van der Waals surface area contributed by atoms with Gasteiger partial charge < -0.3 is 15.7 Å². The van der Waals surface area contributed by atoms with Gasteiger partial charge in [-0.3, -0.25) is 4.79 Å². The number of phenols is 1. The third-order valence-electron chi connectivity index (χ3n) is 7.66. The largest absolute Gasteiger partial charge is 0.506 e. The molecule has 1 aromatic carbocycles. The second-order valence-corrected chi connectivity index (χ2v) is 9.33. The number of halogens is 1. The molecule has 2 fully saturated rings. The standard InChI is InChI=1S/C22H29ClN2O3/c1-22-10-9-14-13-6-7-17(26)21(23)16(13)5-4-15(14)20(22)12(3-8-19(24)27)11-18(22)25-28-2/h6-7,12,14-15,20,26H,3-5,8-11H2,1-2H3,(H2,24,27)/b25-18+. The van der Waals surface area contributed by atoms with Crippen molar-refractivity contribution in [2.45, 2.75) is 57.8 Å². The molecule has 0 aromatic heterocycles. The molecule has 4 rings (SSSR count). The average Bonchev–Trinajstić information content (AvgIpc) is 2.95. The highest BCUT2D eigenvalue weighted by molar-refractivity contribution is 6.32. The van der Waals surface area contributed by atoms with Gasteiger partial charge in [-0.1, -0.05) is 29.7 Å². The van der Waals surface area contributed by atoms with Crippen molar-refractivity contribution in [1.29, 1.82) is 0 Å². The van der Waals surface area contributed by atoms with Gasteiger partial charge in [0.25, 0.3) is 0 Å². The molecule has 0 heterocycles. The van der Waals surface area contributed by atoms with Crippen molar-refractivity contribution in [2.24, 2.45) is 34.1 Å². The van der Waals surface area contributed by atoms with Crippen molar-refractivity contribution in [1.82, 2.24) is 0 Å². The monoisotopic (exact) mass is 404 g/mol. The van der Waals surface area contributed by atoms with Crippen LogP contribution in [0.2, 0.25) is 5.02 Å². The Morgan fingerprint density at radius 1 is 1.43 bits per heavy atom. The Hall–Kier alpha value is -1.75. The maximum absolute atomic E-state index is 11.4. The lowest BCUT2D eigenvalue weighted by Crippen LogP contribution is -2.44. The maximum atomic E-state index is 11.4. The lowest BCUT2D eigenvalue weighted by atomic mass is 9.54. The fourth-order valence-electron chi connectivity index (χ4n) is 6.54. The highest BCUT2D eigenvalue weighted by Gasteiger charge is 2.57. The van der Waals surface area contributed by atoms with Crippen LogP contribution in [0.3, 0.4) is 0 Å². The molecule has 152 valence electrons. The van der Waals surface area contributed by atoms with Crippen molar-refractivity contribution in [3.63, 3.8) is 0 Å². The zero-order valence-electron chi connectivity index (χ0n) is 16.6. The van der Waals surface area contributed by atoms with Gasteiger partial charge in [-0.05, 0) is 79.4 Å². The molecular formula is C22H29ClN2O3. The number of nitrogens with two attached hydrogens (primary N) is 1. The molecule has 0 bridgehead atoms. The number of rotatable bonds is 4. The van der Waals surface area contributed by atoms with E-state index in [1.54, 1.807) is 13.2 Å². The van der Waals surface area contributed by atoms with Crippen LogP contribution in [0.15, 0.2) is 17.3 Å². The van der Waals surface area contributed by atoms with E-state index in [0.29, 0.717) is 35.1 Å². The van der Waals surface area contributed by atoms with Crippen molar-refractivity contribution < 1.29 is 14.7 Å². The zero-order chi connectivity index (χ0) is 20.1. The van der Waals surface area contributed by atoms with E-state index in [4.69, 9.17) is 22.2 Å². The maximum Gasteiger partial charge on any atom is 0.217 e. The van der Waals surface area contributed by atoms with E-state index < -0.39 is 0 Å². The fraction of sp³-hybridized carbons (Fsp3) is 0.636. The first-order valence-electron chi connectivity index (χ1n) is 10.3. The Morgan fingerprint density at radius 3 is 2.93 bits per heavy atom. The summed E-state index contributed by atoms with van der Waals surface area (Å²) in [6.45, 7) is 2.33. The van der Waals surface area contributed by atoms with Crippen LogP contribution in [0.5, 0.6) is 5.75 Å². The summed E-state index contributed by atoms with van der Waals surface area (Å²) in [6.07, 6.45) is 6.18. The molecule has 0 spiro atoms. The summed E-state index contributed by atoms with van der Waals surface area (Å²) < 4.78 is 0. The number of aromatic hydroxyl groups is 1. The van der Waals surface area contributed by atoms with E-state index in [1.165, 1.54) is 5.56 Å². The van der Waals surface area contributed by atoms with Crippen LogP contribution in [0.4, 0.5) is 0 Å². The van der Waals surface area contributed by atoms with Crippen molar-refractivity contribution in [3.05, 3.63) is 28.3 Å². The van der Waals surface area contributed by atoms with E-state index in [0.717, 1.165) is 49.8 Å². The second-order valence-electron chi connectivity index (χ2n) is 8.95. The Bertz CT molecular complexity index is 824. The quantitative estimate of drug-likeness (QED) is 0.729. The summed E-state index contributed by atoms with van der Waals surface area (Å²) in [4.78, 5) is 16.6. The van der Waals surface area contributed by atoms with E-state index >= 15 is 0 Å². The van der Waals surface area contributed by atoms with E-state index in [2.05, 4.69) is 18.1 Å². The molecule has 3 N–H and O–H groups in total. The molecule has 5 unspecified atom stereocenters. The lowest BCUT2D eigenvalue weighted by Gasteiger charge is -2.50. The minimum Gasteiger partial charge on any atom is -0.506 e. The number of fused-ring (bicyclic) bond motifs is 5. The number of oxime groups is 1. The van der Waals surface area contributed by atoms with E-state index in [-0.39, 0.29) is 17.1 Å². The molecule has 28 heavy (non-hydrogen) atoms. The van der Waals surface area contributed by atoms with Gasteiger partial charge in [0.2, 0.25) is 5.91 Å². The number of benzene rings is 1. The van der Waals surface area contributed by atoms with E-state index in [1.807, 2.05) is 0 Å². The fourth-order valence-corrected chi connectivity index (χ4v) is 6.80. The van der Waals surface area contributed by atoms with E-state index in [9.17, 15) is 9.90 Å². The predicted octanol–water partition coefficient (Wildman–Crippen LogP) is 4.40. The molecule has 6 heteroatoms. The molecule has 2 saturated carbocycles. The summed E-state index contributed by atoms with van der Waals surface area (Å²) in [5, 5.41) is 14.9. The summed E-state index contributed by atoms with van der Waals surface area (Å²) in [5.41, 5.74) is 9.02. The molecule has 5 atom stereocenters. The van der Waals surface area contributed by atoms with Gasteiger partial charge in [-0.15, -0.1) is 0 Å². The Balaban J connectivity index is 1.71. The third-order valence-corrected chi connectivity index (χ3v) is 8.08. The van der Waals surface area contributed by atoms with Crippen LogP contribution in [0, 0.1) is 23.2 Å². The van der Waals surface area contributed by atoms with Gasteiger partial charge in [-0.2, -0.15) is 0 Å². The summed E-state index contributed by atoms with van der Waals surface area (Å²) in [6, 6.07) is 3.79. The normalized spacial score (nSPS) is 35.2. The Labute approximate surface area is 171 Å². The first kappa shape index (κ1) is 19.6. The predicted molar refractivity (Wildman–Crippen MR) is 109 cm³/mol. The van der Waals surface area contributed by atoms with Crippen molar-refractivity contribution >= 4 is 23.2 Å². The van der Waals surface area contributed by atoms with Gasteiger partial charge >= 0.3 is 0 Å². The SMILES string of the molecule is CO/N=C1\CC(CCC(N)=O)C2C3CCc4c(ccc(O)c4Cl)C3CCC12C. The molecule has 3 aliphatic rings. The second kappa shape index (κ2) is 7.25. The van der Waals surface area contributed by atoms with Crippen LogP contribution in [-0.2, 0) is 16.1 Å². The van der Waals surface area contributed by atoms with Crippen LogP contribution >= 0.6 is 11.6 Å². The Morgan fingerprint density at radius 2 is 2.21 bits per heavy atom. The summed E-state index contributed by atoms with van der Waals surface area (Å²) in [5.74, 6) is 1.76. The van der Waals surface area contributed by atoms with Crippen molar-refractivity contribution in [2.75, 3.05) is 7.11 Å². The minimum absolute atomic E-state index is 0.0116. The summed E-state index contributed by atoms with van der Waals surface area (Å²) >= 11 is 6.42. The number of amides is 1. The van der Waals surface area contributed by atoms with Crippen LogP contribution in [0.1, 0.15) is 62.5 Å². The first-order chi connectivity index (χ1) is 13.4. The smallest absolute Gasteiger partial charge is 0.217 e. The molecule has 1 amide bonds. The number of carbonyl (C=O) groups is 1. The first-order valence-corrected chi connectivity index (χ1v) is 10.6. The number of primary amides is 1. The number of hydrogen-bond donors (Lipinski definition) is 2. The van der Waals surface area contributed by atoms with Crippen LogP contribution in [-0.4, -0.2) is 23.8 Å². The summed E-state index contributed by atoms with van der Waals surface area (Å²) in [7, 11) is 1.61.